The molecule has 0 atom stereocenters. The third-order valence-electron chi connectivity index (χ3n) is 3.41. The van der Waals surface area contributed by atoms with E-state index in [1.165, 1.54) is 29.3 Å². The van der Waals surface area contributed by atoms with Crippen molar-refractivity contribution in [1.82, 2.24) is 14.5 Å². The van der Waals surface area contributed by atoms with Crippen molar-refractivity contribution in [3.8, 4) is 0 Å². The highest BCUT2D eigenvalue weighted by molar-refractivity contribution is 7.25. The molecule has 0 saturated carbocycles. The van der Waals surface area contributed by atoms with Gasteiger partial charge >= 0.3 is 5.97 Å². The molecular weight excluding hydrogens is 290 g/mol. The quantitative estimate of drug-likeness (QED) is 0.675. The molecule has 3 heterocycles. The van der Waals surface area contributed by atoms with E-state index in [2.05, 4.69) is 14.7 Å². The van der Waals surface area contributed by atoms with Gasteiger partial charge in [-0.05, 0) is 25.5 Å². The molecule has 6 nitrogen and oxygen atoms in total. The van der Waals surface area contributed by atoms with E-state index < -0.39 is 5.97 Å². The van der Waals surface area contributed by atoms with E-state index in [1.807, 2.05) is 19.9 Å². The van der Waals surface area contributed by atoms with Crippen molar-refractivity contribution in [2.45, 2.75) is 20.4 Å². The van der Waals surface area contributed by atoms with Crippen molar-refractivity contribution >= 4 is 37.7 Å². The van der Waals surface area contributed by atoms with Gasteiger partial charge < -0.3 is 4.74 Å². The standard InChI is InChI=1S/C14H13N3O3S/c1-7-4-9-11-12(21-13(9)16-8(7)2)14(19)17(6-15-11)5-10(18)20-3/h4,6H,5H2,1-3H3. The van der Waals surface area contributed by atoms with Gasteiger partial charge in [-0.25, -0.2) is 9.97 Å². The van der Waals surface area contributed by atoms with Crippen LogP contribution in [0, 0.1) is 13.8 Å². The summed E-state index contributed by atoms with van der Waals surface area (Å²) in [6.07, 6.45) is 1.38. The Morgan fingerprint density at radius 2 is 2.19 bits per heavy atom. The Hall–Kier alpha value is -2.28. The van der Waals surface area contributed by atoms with Gasteiger partial charge in [0.05, 0.1) is 19.0 Å². The van der Waals surface area contributed by atoms with Gasteiger partial charge in [0.1, 0.15) is 16.1 Å². The molecule has 3 aromatic rings. The molecule has 0 spiro atoms. The van der Waals surface area contributed by atoms with Crippen molar-refractivity contribution in [2.75, 3.05) is 7.11 Å². The largest absolute Gasteiger partial charge is 0.468 e. The highest BCUT2D eigenvalue weighted by atomic mass is 32.1. The average Bonchev–Trinajstić information content (AvgIpc) is 2.81. The molecule has 0 bridgehead atoms. The minimum Gasteiger partial charge on any atom is -0.468 e. The lowest BCUT2D eigenvalue weighted by molar-refractivity contribution is -0.141. The van der Waals surface area contributed by atoms with Crippen LogP contribution < -0.4 is 5.56 Å². The van der Waals surface area contributed by atoms with Gasteiger partial charge in [0.15, 0.2) is 0 Å². The monoisotopic (exact) mass is 303 g/mol. The number of rotatable bonds is 2. The number of fused-ring (bicyclic) bond motifs is 3. The third kappa shape index (κ3) is 2.19. The van der Waals surface area contributed by atoms with Crippen LogP contribution in [0.2, 0.25) is 0 Å². The van der Waals surface area contributed by atoms with Gasteiger partial charge in [0, 0.05) is 11.1 Å². The number of hydrogen-bond acceptors (Lipinski definition) is 6. The SMILES string of the molecule is COC(=O)Cn1cnc2c(sc3nc(C)c(C)cc32)c1=O. The fourth-order valence-electron chi connectivity index (χ4n) is 2.10. The Morgan fingerprint density at radius 1 is 1.43 bits per heavy atom. The van der Waals surface area contributed by atoms with Crippen molar-refractivity contribution < 1.29 is 9.53 Å². The number of esters is 1. The van der Waals surface area contributed by atoms with E-state index in [-0.39, 0.29) is 12.1 Å². The van der Waals surface area contributed by atoms with Crippen LogP contribution in [0.25, 0.3) is 20.4 Å². The Kier molecular flexibility index (Phi) is 3.21. The maximum atomic E-state index is 12.4. The summed E-state index contributed by atoms with van der Waals surface area (Å²) in [5, 5.41) is 0.875. The second-order valence-corrected chi connectivity index (χ2v) is 5.78. The first-order chi connectivity index (χ1) is 10.0. The van der Waals surface area contributed by atoms with Gasteiger partial charge in [0.25, 0.3) is 5.56 Å². The lowest BCUT2D eigenvalue weighted by atomic mass is 10.2. The number of carbonyl (C=O) groups is 1. The van der Waals surface area contributed by atoms with E-state index in [0.29, 0.717) is 10.2 Å². The minimum atomic E-state index is -0.482. The second-order valence-electron chi connectivity index (χ2n) is 4.78. The molecule has 0 amide bonds. The number of methoxy groups -OCH3 is 1. The Balaban J connectivity index is 2.27. The van der Waals surface area contributed by atoms with Gasteiger partial charge in [-0.2, -0.15) is 0 Å². The maximum absolute atomic E-state index is 12.4. The first-order valence-corrected chi connectivity index (χ1v) is 7.15. The fourth-order valence-corrected chi connectivity index (χ4v) is 3.20. The Labute approximate surface area is 124 Å². The van der Waals surface area contributed by atoms with Crippen LogP contribution >= 0.6 is 11.3 Å². The number of thiophene rings is 1. The Bertz CT molecular complexity index is 926. The summed E-state index contributed by atoms with van der Waals surface area (Å²) in [4.78, 5) is 33.3. The van der Waals surface area contributed by atoms with E-state index >= 15 is 0 Å². The summed E-state index contributed by atoms with van der Waals surface area (Å²) in [6.45, 7) is 3.77. The first kappa shape index (κ1) is 13.7. The van der Waals surface area contributed by atoms with Crippen LogP contribution in [0.1, 0.15) is 11.3 Å². The van der Waals surface area contributed by atoms with Crippen LogP contribution in [0.4, 0.5) is 0 Å². The van der Waals surface area contributed by atoms with Gasteiger partial charge in [0.2, 0.25) is 0 Å². The fraction of sp³-hybridized carbons (Fsp3) is 0.286. The molecule has 0 N–H and O–H groups in total. The molecule has 0 aromatic carbocycles. The summed E-state index contributed by atoms with van der Waals surface area (Å²) in [6, 6.07) is 1.99. The zero-order valence-electron chi connectivity index (χ0n) is 11.8. The molecule has 21 heavy (non-hydrogen) atoms. The molecule has 0 aliphatic heterocycles. The molecule has 7 heteroatoms. The van der Waals surface area contributed by atoms with Crippen LogP contribution in [-0.4, -0.2) is 27.6 Å². The van der Waals surface area contributed by atoms with Crippen molar-refractivity contribution in [2.24, 2.45) is 0 Å². The van der Waals surface area contributed by atoms with Crippen molar-refractivity contribution in [3.05, 3.63) is 34.0 Å². The van der Waals surface area contributed by atoms with Gasteiger partial charge in [-0.1, -0.05) is 0 Å². The van der Waals surface area contributed by atoms with Crippen molar-refractivity contribution in [3.63, 3.8) is 0 Å². The number of aromatic nitrogens is 3. The first-order valence-electron chi connectivity index (χ1n) is 6.34. The summed E-state index contributed by atoms with van der Waals surface area (Å²) in [7, 11) is 1.29. The lowest BCUT2D eigenvalue weighted by Crippen LogP contribution is -2.24. The number of aryl methyl sites for hydroxylation is 2. The van der Waals surface area contributed by atoms with Gasteiger partial charge in [-0.15, -0.1) is 11.3 Å². The van der Waals surface area contributed by atoms with E-state index in [4.69, 9.17) is 0 Å². The molecule has 0 unspecified atom stereocenters. The zero-order valence-corrected chi connectivity index (χ0v) is 12.7. The normalized spacial score (nSPS) is 11.2. The molecule has 0 aliphatic carbocycles. The number of ether oxygens (including phenoxy) is 1. The van der Waals surface area contributed by atoms with E-state index in [1.54, 1.807) is 0 Å². The van der Waals surface area contributed by atoms with Gasteiger partial charge in [-0.3, -0.25) is 14.2 Å². The topological polar surface area (TPSA) is 74.1 Å². The van der Waals surface area contributed by atoms with E-state index in [0.717, 1.165) is 21.5 Å². The van der Waals surface area contributed by atoms with Crippen LogP contribution in [0.3, 0.4) is 0 Å². The molecule has 3 aromatic heterocycles. The number of carbonyl (C=O) groups excluding carboxylic acids is 1. The second kappa shape index (κ2) is 4.92. The number of nitrogens with zero attached hydrogens (tertiary/aromatic N) is 3. The number of hydrogen-bond donors (Lipinski definition) is 0. The third-order valence-corrected chi connectivity index (χ3v) is 4.49. The highest BCUT2D eigenvalue weighted by Gasteiger charge is 2.14. The van der Waals surface area contributed by atoms with Crippen LogP contribution in [0.15, 0.2) is 17.2 Å². The smallest absolute Gasteiger partial charge is 0.325 e. The van der Waals surface area contributed by atoms with Crippen LogP contribution in [-0.2, 0) is 16.1 Å². The molecule has 0 fully saturated rings. The predicted octanol–water partition coefficient (Wildman–Crippen LogP) is 1.80. The van der Waals surface area contributed by atoms with Crippen molar-refractivity contribution in [1.29, 1.82) is 0 Å². The lowest BCUT2D eigenvalue weighted by Gasteiger charge is -2.03. The summed E-state index contributed by atoms with van der Waals surface area (Å²) >= 11 is 1.30. The average molecular weight is 303 g/mol. The summed E-state index contributed by atoms with van der Waals surface area (Å²) < 4.78 is 6.34. The molecule has 0 radical (unpaired) electrons. The summed E-state index contributed by atoms with van der Waals surface area (Å²) in [5.41, 5.74) is 2.38. The minimum absolute atomic E-state index is 0.141. The van der Waals surface area contributed by atoms with Crippen LogP contribution in [0.5, 0.6) is 0 Å². The Morgan fingerprint density at radius 3 is 2.90 bits per heavy atom. The molecule has 3 rings (SSSR count). The molecule has 0 aliphatic rings. The maximum Gasteiger partial charge on any atom is 0.325 e. The van der Waals surface area contributed by atoms with E-state index in [9.17, 15) is 9.59 Å². The summed E-state index contributed by atoms with van der Waals surface area (Å²) in [5.74, 6) is -0.482. The predicted molar refractivity (Wildman–Crippen MR) is 80.7 cm³/mol. The molecule has 0 saturated heterocycles. The molecule has 108 valence electrons. The molecular formula is C14H13N3O3S. The highest BCUT2D eigenvalue weighted by Crippen LogP contribution is 2.30. The zero-order chi connectivity index (χ0) is 15.1. The number of pyridine rings is 1.